The SMILES string of the molecule is Cc1cccc(CC(N)c2ncccc2-n2ncc3ccccc32)n1.Cl. The Hall–Kier alpha value is -2.76. The van der Waals surface area contributed by atoms with Crippen molar-refractivity contribution < 1.29 is 0 Å². The van der Waals surface area contributed by atoms with Gasteiger partial charge in [-0.05, 0) is 37.3 Å². The first kappa shape index (κ1) is 18.0. The number of rotatable bonds is 4. The van der Waals surface area contributed by atoms with Gasteiger partial charge in [-0.1, -0.05) is 24.3 Å². The Morgan fingerprint density at radius 1 is 1.04 bits per heavy atom. The minimum absolute atomic E-state index is 0. The highest BCUT2D eigenvalue weighted by molar-refractivity contribution is 5.85. The summed E-state index contributed by atoms with van der Waals surface area (Å²) in [5.41, 5.74) is 11.2. The van der Waals surface area contributed by atoms with E-state index in [9.17, 15) is 0 Å². The zero-order valence-electron chi connectivity index (χ0n) is 14.4. The van der Waals surface area contributed by atoms with Crippen LogP contribution in [0.3, 0.4) is 0 Å². The summed E-state index contributed by atoms with van der Waals surface area (Å²) in [7, 11) is 0. The second kappa shape index (κ2) is 7.64. The first-order valence-electron chi connectivity index (χ1n) is 8.28. The molecule has 0 aliphatic carbocycles. The van der Waals surface area contributed by atoms with Crippen molar-refractivity contribution >= 4 is 23.3 Å². The molecule has 26 heavy (non-hydrogen) atoms. The molecule has 132 valence electrons. The summed E-state index contributed by atoms with van der Waals surface area (Å²) in [6.45, 7) is 1.98. The third-order valence-corrected chi connectivity index (χ3v) is 4.25. The van der Waals surface area contributed by atoms with Gasteiger partial charge in [-0.2, -0.15) is 5.10 Å². The number of pyridine rings is 2. The van der Waals surface area contributed by atoms with Crippen molar-refractivity contribution in [2.75, 3.05) is 0 Å². The van der Waals surface area contributed by atoms with Crippen LogP contribution in [0.4, 0.5) is 0 Å². The molecule has 4 rings (SSSR count). The van der Waals surface area contributed by atoms with Crippen LogP contribution in [-0.2, 0) is 6.42 Å². The third kappa shape index (κ3) is 3.45. The second-order valence-corrected chi connectivity index (χ2v) is 6.10. The molecule has 0 bridgehead atoms. The van der Waals surface area contributed by atoms with Gasteiger partial charge in [0.25, 0.3) is 0 Å². The summed E-state index contributed by atoms with van der Waals surface area (Å²) < 4.78 is 1.90. The van der Waals surface area contributed by atoms with E-state index in [4.69, 9.17) is 5.73 Å². The molecular formula is C20H20ClN5. The lowest BCUT2D eigenvalue weighted by atomic mass is 10.1. The molecule has 0 radical (unpaired) electrons. The van der Waals surface area contributed by atoms with Gasteiger partial charge in [0.15, 0.2) is 0 Å². The van der Waals surface area contributed by atoms with Gasteiger partial charge in [-0.25, -0.2) is 4.68 Å². The summed E-state index contributed by atoms with van der Waals surface area (Å²) in [5.74, 6) is 0. The molecule has 0 aliphatic rings. The quantitative estimate of drug-likeness (QED) is 0.597. The Balaban J connectivity index is 0.00000196. The van der Waals surface area contributed by atoms with E-state index >= 15 is 0 Å². The first-order valence-corrected chi connectivity index (χ1v) is 8.28. The van der Waals surface area contributed by atoms with Crippen LogP contribution in [0.25, 0.3) is 16.6 Å². The molecular weight excluding hydrogens is 346 g/mol. The van der Waals surface area contributed by atoms with E-state index in [-0.39, 0.29) is 18.4 Å². The molecule has 0 aliphatic heterocycles. The molecule has 0 amide bonds. The highest BCUT2D eigenvalue weighted by atomic mass is 35.5. The lowest BCUT2D eigenvalue weighted by Gasteiger charge is -2.16. The molecule has 5 nitrogen and oxygen atoms in total. The van der Waals surface area contributed by atoms with Gasteiger partial charge < -0.3 is 5.73 Å². The zero-order chi connectivity index (χ0) is 17.2. The van der Waals surface area contributed by atoms with Gasteiger partial charge in [-0.3, -0.25) is 9.97 Å². The van der Waals surface area contributed by atoms with Crippen LogP contribution >= 0.6 is 12.4 Å². The van der Waals surface area contributed by atoms with Crippen LogP contribution in [0.2, 0.25) is 0 Å². The van der Waals surface area contributed by atoms with E-state index in [1.165, 1.54) is 0 Å². The predicted molar refractivity (Wildman–Crippen MR) is 106 cm³/mol. The molecule has 3 heterocycles. The molecule has 0 fully saturated rings. The minimum Gasteiger partial charge on any atom is -0.322 e. The van der Waals surface area contributed by atoms with Crippen LogP contribution in [0.1, 0.15) is 23.1 Å². The maximum absolute atomic E-state index is 6.48. The fourth-order valence-corrected chi connectivity index (χ4v) is 3.07. The number of hydrogen-bond acceptors (Lipinski definition) is 4. The number of hydrogen-bond donors (Lipinski definition) is 1. The van der Waals surface area contributed by atoms with E-state index < -0.39 is 0 Å². The molecule has 3 aromatic heterocycles. The number of fused-ring (bicyclic) bond motifs is 1. The van der Waals surface area contributed by atoms with Gasteiger partial charge in [0.2, 0.25) is 0 Å². The maximum Gasteiger partial charge on any atom is 0.0884 e. The Morgan fingerprint density at radius 2 is 1.88 bits per heavy atom. The standard InChI is InChI=1S/C20H19N5.ClH/c1-14-6-4-8-16(24-14)12-17(21)20-19(10-5-11-22-20)25-18-9-3-2-7-15(18)13-23-25;/h2-11,13,17H,12,21H2,1H3;1H. The van der Waals surface area contributed by atoms with Crippen molar-refractivity contribution in [3.05, 3.63) is 84.1 Å². The summed E-state index contributed by atoms with van der Waals surface area (Å²) in [6, 6.07) is 17.8. The molecule has 1 unspecified atom stereocenters. The normalized spacial score (nSPS) is 11.9. The van der Waals surface area contributed by atoms with Crippen molar-refractivity contribution in [3.63, 3.8) is 0 Å². The van der Waals surface area contributed by atoms with Crippen LogP contribution in [0.15, 0.2) is 67.0 Å². The lowest BCUT2D eigenvalue weighted by Crippen LogP contribution is -2.18. The molecule has 0 saturated carbocycles. The summed E-state index contributed by atoms with van der Waals surface area (Å²) >= 11 is 0. The summed E-state index contributed by atoms with van der Waals surface area (Å²) in [5, 5.41) is 5.62. The lowest BCUT2D eigenvalue weighted by molar-refractivity contribution is 0.671. The Bertz CT molecular complexity index is 1030. The number of nitrogens with two attached hydrogens (primary N) is 1. The molecule has 0 saturated heterocycles. The number of aromatic nitrogens is 4. The molecule has 2 N–H and O–H groups in total. The van der Waals surface area contributed by atoms with Crippen molar-refractivity contribution in [2.24, 2.45) is 5.73 Å². The average molecular weight is 366 g/mol. The van der Waals surface area contributed by atoms with Crippen molar-refractivity contribution in [1.29, 1.82) is 0 Å². The van der Waals surface area contributed by atoms with Crippen molar-refractivity contribution in [3.8, 4) is 5.69 Å². The highest BCUT2D eigenvalue weighted by Gasteiger charge is 2.17. The Morgan fingerprint density at radius 3 is 2.73 bits per heavy atom. The third-order valence-electron chi connectivity index (χ3n) is 4.25. The van der Waals surface area contributed by atoms with Crippen LogP contribution in [-0.4, -0.2) is 19.7 Å². The minimum atomic E-state index is -0.256. The van der Waals surface area contributed by atoms with E-state index in [2.05, 4.69) is 15.1 Å². The monoisotopic (exact) mass is 365 g/mol. The maximum atomic E-state index is 6.48. The fourth-order valence-electron chi connectivity index (χ4n) is 3.07. The smallest absolute Gasteiger partial charge is 0.0884 e. The number of benzene rings is 1. The molecule has 1 aromatic carbocycles. The average Bonchev–Trinajstić information content (AvgIpc) is 3.06. The van der Waals surface area contributed by atoms with E-state index in [0.29, 0.717) is 6.42 Å². The highest BCUT2D eigenvalue weighted by Crippen LogP contribution is 2.24. The molecule has 4 aromatic rings. The van der Waals surface area contributed by atoms with Gasteiger partial charge in [0, 0.05) is 29.4 Å². The van der Waals surface area contributed by atoms with Crippen molar-refractivity contribution in [1.82, 2.24) is 19.7 Å². The fraction of sp³-hybridized carbons (Fsp3) is 0.150. The second-order valence-electron chi connectivity index (χ2n) is 6.10. The first-order chi connectivity index (χ1) is 12.2. The van der Waals surface area contributed by atoms with E-state index in [0.717, 1.165) is 33.7 Å². The van der Waals surface area contributed by atoms with Gasteiger partial charge in [0.05, 0.1) is 29.1 Å². The number of nitrogens with zero attached hydrogens (tertiary/aromatic N) is 4. The van der Waals surface area contributed by atoms with E-state index in [1.54, 1.807) is 6.20 Å². The van der Waals surface area contributed by atoms with Crippen LogP contribution in [0, 0.1) is 6.92 Å². The van der Waals surface area contributed by atoms with E-state index in [1.807, 2.05) is 72.4 Å². The summed E-state index contributed by atoms with van der Waals surface area (Å²) in [4.78, 5) is 9.10. The molecule has 6 heteroatoms. The van der Waals surface area contributed by atoms with Gasteiger partial charge >= 0.3 is 0 Å². The largest absolute Gasteiger partial charge is 0.322 e. The Labute approximate surface area is 158 Å². The number of para-hydroxylation sites is 1. The summed E-state index contributed by atoms with van der Waals surface area (Å²) in [6.07, 6.45) is 4.26. The van der Waals surface area contributed by atoms with Crippen LogP contribution < -0.4 is 5.73 Å². The van der Waals surface area contributed by atoms with Crippen molar-refractivity contribution in [2.45, 2.75) is 19.4 Å². The zero-order valence-corrected chi connectivity index (χ0v) is 15.2. The van der Waals surface area contributed by atoms with Gasteiger partial charge in [0.1, 0.15) is 0 Å². The predicted octanol–water partition coefficient (Wildman–Crippen LogP) is 3.79. The van der Waals surface area contributed by atoms with Gasteiger partial charge in [-0.15, -0.1) is 12.4 Å². The molecule has 1 atom stereocenters. The number of halogens is 1. The van der Waals surface area contributed by atoms with Crippen LogP contribution in [0.5, 0.6) is 0 Å². The Kier molecular flexibility index (Phi) is 5.30. The number of aryl methyl sites for hydroxylation is 1. The molecule has 0 spiro atoms. The topological polar surface area (TPSA) is 69.6 Å².